The highest BCUT2D eigenvalue weighted by molar-refractivity contribution is 5.86. The van der Waals surface area contributed by atoms with E-state index in [0.29, 0.717) is 17.9 Å². The third kappa shape index (κ3) is 4.91. The Hall–Kier alpha value is -3.60. The average Bonchev–Trinajstić information content (AvgIpc) is 3.27. The Bertz CT molecular complexity index is 1320. The monoisotopic (exact) mass is 586 g/mol. The number of hydrogen-bond acceptors (Lipinski definition) is 11. The predicted molar refractivity (Wildman–Crippen MR) is 145 cm³/mol. The molecule has 11 heteroatoms. The Morgan fingerprint density at radius 3 is 2.57 bits per heavy atom. The second-order valence-electron chi connectivity index (χ2n) is 12.0. The smallest absolute Gasteiger partial charge is 0.348 e. The zero-order valence-electron chi connectivity index (χ0n) is 24.6. The summed E-state index contributed by atoms with van der Waals surface area (Å²) >= 11 is 0. The van der Waals surface area contributed by atoms with E-state index in [1.165, 1.54) is 6.92 Å². The zero-order chi connectivity index (χ0) is 30.4. The molecule has 0 unspecified atom stereocenters. The molecule has 0 saturated heterocycles. The largest absolute Gasteiger partial charge is 0.493 e. The maximum Gasteiger partial charge on any atom is 0.348 e. The number of benzene rings is 1. The molecule has 228 valence electrons. The summed E-state index contributed by atoms with van der Waals surface area (Å²) in [5.74, 6) is -2.11. The summed E-state index contributed by atoms with van der Waals surface area (Å²) in [5, 5.41) is 12.2. The van der Waals surface area contributed by atoms with Gasteiger partial charge in [-0.2, -0.15) is 0 Å². The van der Waals surface area contributed by atoms with Crippen molar-refractivity contribution >= 4 is 23.9 Å². The van der Waals surface area contributed by atoms with E-state index in [2.05, 4.69) is 0 Å². The third-order valence-electron chi connectivity index (χ3n) is 8.81. The van der Waals surface area contributed by atoms with Gasteiger partial charge in [0.05, 0.1) is 31.2 Å². The molecule has 1 fully saturated rings. The molecule has 42 heavy (non-hydrogen) atoms. The van der Waals surface area contributed by atoms with Gasteiger partial charge in [0.15, 0.2) is 23.7 Å². The van der Waals surface area contributed by atoms with Gasteiger partial charge in [-0.15, -0.1) is 0 Å². The highest BCUT2D eigenvalue weighted by Gasteiger charge is 2.71. The van der Waals surface area contributed by atoms with E-state index in [0.717, 1.165) is 37.3 Å². The van der Waals surface area contributed by atoms with Crippen LogP contribution in [0.15, 0.2) is 24.0 Å². The molecule has 1 N–H and O–H groups in total. The van der Waals surface area contributed by atoms with Crippen LogP contribution in [0.5, 0.6) is 11.5 Å². The number of hydrogen-bond donors (Lipinski definition) is 1. The van der Waals surface area contributed by atoms with Crippen LogP contribution in [-0.4, -0.2) is 66.6 Å². The molecule has 1 spiro atoms. The molecule has 5 rings (SSSR count). The van der Waals surface area contributed by atoms with Crippen molar-refractivity contribution < 1.29 is 52.7 Å². The highest BCUT2D eigenvalue weighted by atomic mass is 16.6. The summed E-state index contributed by atoms with van der Waals surface area (Å²) in [5.41, 5.74) is 0.0964. The number of rotatable bonds is 10. The van der Waals surface area contributed by atoms with Crippen molar-refractivity contribution in [3.63, 3.8) is 0 Å². The van der Waals surface area contributed by atoms with Crippen LogP contribution in [0.4, 0.5) is 0 Å². The fourth-order valence-electron chi connectivity index (χ4n) is 7.04. The number of carbonyl (C=O) groups excluding carboxylic acids is 4. The van der Waals surface area contributed by atoms with Gasteiger partial charge in [0.2, 0.25) is 6.10 Å². The molecule has 1 saturated carbocycles. The van der Waals surface area contributed by atoms with Gasteiger partial charge >= 0.3 is 23.9 Å². The van der Waals surface area contributed by atoms with Gasteiger partial charge in [-0.3, -0.25) is 9.59 Å². The Morgan fingerprint density at radius 2 is 1.88 bits per heavy atom. The molecule has 0 radical (unpaired) electrons. The first-order valence-corrected chi connectivity index (χ1v) is 14.5. The molecular weight excluding hydrogens is 548 g/mol. The van der Waals surface area contributed by atoms with Gasteiger partial charge < -0.3 is 33.5 Å². The summed E-state index contributed by atoms with van der Waals surface area (Å²) in [6, 6.07) is 3.87. The van der Waals surface area contributed by atoms with Crippen molar-refractivity contribution in [3.8, 4) is 11.5 Å². The minimum absolute atomic E-state index is 0.0232. The molecule has 0 amide bonds. The van der Waals surface area contributed by atoms with E-state index >= 15 is 0 Å². The van der Waals surface area contributed by atoms with Gasteiger partial charge in [-0.25, -0.2) is 9.59 Å². The van der Waals surface area contributed by atoms with Crippen molar-refractivity contribution in [2.45, 2.75) is 95.5 Å². The molecule has 1 aromatic rings. The molecule has 6 atom stereocenters. The molecule has 1 aliphatic heterocycles. The van der Waals surface area contributed by atoms with Crippen LogP contribution < -0.4 is 9.47 Å². The molecule has 3 aliphatic carbocycles. The second-order valence-corrected chi connectivity index (χ2v) is 12.0. The molecule has 1 heterocycles. The maximum atomic E-state index is 13.2. The van der Waals surface area contributed by atoms with Gasteiger partial charge in [-0.1, -0.05) is 26.3 Å². The van der Waals surface area contributed by atoms with E-state index in [4.69, 9.17) is 28.4 Å². The predicted octanol–water partition coefficient (Wildman–Crippen LogP) is 3.06. The van der Waals surface area contributed by atoms with Crippen LogP contribution in [0.25, 0.3) is 0 Å². The van der Waals surface area contributed by atoms with Crippen LogP contribution in [0.1, 0.15) is 70.9 Å². The van der Waals surface area contributed by atoms with Crippen molar-refractivity contribution in [1.82, 2.24) is 0 Å². The van der Waals surface area contributed by atoms with Gasteiger partial charge in [-0.05, 0) is 62.1 Å². The second kappa shape index (κ2) is 11.2. The summed E-state index contributed by atoms with van der Waals surface area (Å²) in [7, 11) is 1.55. The average molecular weight is 587 g/mol. The summed E-state index contributed by atoms with van der Waals surface area (Å²) < 4.78 is 33.1. The van der Waals surface area contributed by atoms with Crippen molar-refractivity contribution in [2.24, 2.45) is 11.8 Å². The lowest BCUT2D eigenvalue weighted by Gasteiger charge is -2.59. The Labute approximate surface area is 244 Å². The number of carbonyl (C=O) groups is 4. The van der Waals surface area contributed by atoms with E-state index in [-0.39, 0.29) is 30.6 Å². The summed E-state index contributed by atoms with van der Waals surface area (Å²) in [4.78, 5) is 50.0. The number of ether oxygens (including phenoxy) is 6. The fourth-order valence-corrected chi connectivity index (χ4v) is 7.04. The minimum Gasteiger partial charge on any atom is -0.493 e. The normalized spacial score (nSPS) is 27.9. The van der Waals surface area contributed by atoms with Crippen molar-refractivity contribution in [2.75, 3.05) is 13.7 Å². The SMILES string of the molecule is COc1ccc2c3c1O[C@H]1C(OC(=O)C[C@H](OC(C)=O)C(=O)O[C@@H](C)C(=O)OCC(C)C)=CC[C@@]4(O)[C@H](CCC[C@]314)C2. The van der Waals surface area contributed by atoms with E-state index < -0.39 is 59.6 Å². The van der Waals surface area contributed by atoms with Gasteiger partial charge in [0.25, 0.3) is 0 Å². The van der Waals surface area contributed by atoms with Crippen molar-refractivity contribution in [1.29, 1.82) is 0 Å². The molecule has 1 aromatic carbocycles. The van der Waals surface area contributed by atoms with Crippen LogP contribution in [0.2, 0.25) is 0 Å². The molecular formula is C31H38O11. The van der Waals surface area contributed by atoms with Crippen LogP contribution in [0, 0.1) is 11.8 Å². The van der Waals surface area contributed by atoms with E-state index in [9.17, 15) is 24.3 Å². The standard InChI is InChI=1S/C31H38O11/c1-16(2)15-38-28(34)17(3)39-29(35)23(40-18(4)32)14-24(33)41-22-10-12-31(36)20-7-6-11-30(31)25-19(13-20)8-9-21(37-5)26(25)42-27(22)30/h8-10,16-17,20,23,27,36H,6-7,11-15H2,1-5H3/t17-,20+,23-,27-,30-,31+/m0/s1. The summed E-state index contributed by atoms with van der Waals surface area (Å²) in [6.45, 7) is 6.29. The minimum atomic E-state index is -1.64. The van der Waals surface area contributed by atoms with Crippen LogP contribution in [0.3, 0.4) is 0 Å². The Kier molecular flexibility index (Phi) is 8.00. The first-order valence-electron chi connectivity index (χ1n) is 14.5. The van der Waals surface area contributed by atoms with E-state index in [1.807, 2.05) is 26.0 Å². The first-order chi connectivity index (χ1) is 19.9. The number of methoxy groups -OCH3 is 1. The van der Waals surface area contributed by atoms with Crippen LogP contribution in [-0.2, 0) is 50.0 Å². The Balaban J connectivity index is 1.35. The van der Waals surface area contributed by atoms with Gasteiger partial charge in [0.1, 0.15) is 5.76 Å². The number of aliphatic hydroxyl groups is 1. The maximum absolute atomic E-state index is 13.2. The number of esters is 4. The molecule has 4 aliphatic rings. The molecule has 2 bridgehead atoms. The lowest BCUT2D eigenvalue weighted by Crippen LogP contribution is -2.67. The molecule has 0 aromatic heterocycles. The third-order valence-corrected chi connectivity index (χ3v) is 8.81. The van der Waals surface area contributed by atoms with E-state index in [1.54, 1.807) is 13.2 Å². The van der Waals surface area contributed by atoms with Crippen LogP contribution >= 0.6 is 0 Å². The highest BCUT2D eigenvalue weighted by Crippen LogP contribution is 2.67. The van der Waals surface area contributed by atoms with Gasteiger partial charge in [0, 0.05) is 12.5 Å². The molecule has 11 nitrogen and oxygen atoms in total. The fraction of sp³-hybridized carbons (Fsp3) is 0.613. The first kappa shape index (κ1) is 29.9. The van der Waals surface area contributed by atoms with Crippen molar-refractivity contribution in [3.05, 3.63) is 35.1 Å². The summed E-state index contributed by atoms with van der Waals surface area (Å²) in [6.07, 6.45) is 0.697. The Morgan fingerprint density at radius 1 is 1.12 bits per heavy atom. The topological polar surface area (TPSA) is 144 Å². The lowest BCUT2D eigenvalue weighted by atomic mass is 9.47. The lowest BCUT2D eigenvalue weighted by molar-refractivity contribution is -0.180. The quantitative estimate of drug-likeness (QED) is 0.319. The zero-order valence-corrected chi connectivity index (χ0v) is 24.6.